The lowest BCUT2D eigenvalue weighted by Crippen LogP contribution is -2.22. The molecule has 0 unspecified atom stereocenters. The predicted octanol–water partition coefficient (Wildman–Crippen LogP) is 3.96. The molecule has 0 bridgehead atoms. The van der Waals surface area contributed by atoms with Crippen molar-refractivity contribution in [3.05, 3.63) is 64.7 Å². The van der Waals surface area contributed by atoms with Crippen molar-refractivity contribution in [2.45, 2.75) is 31.7 Å². The van der Waals surface area contributed by atoms with Crippen LogP contribution >= 0.6 is 11.6 Å². The highest BCUT2D eigenvalue weighted by atomic mass is 35.5. The first kappa shape index (κ1) is 18.7. The van der Waals surface area contributed by atoms with E-state index in [4.69, 9.17) is 15.8 Å². The molecule has 0 aromatic heterocycles. The maximum atomic E-state index is 11.3. The fraction of sp³-hybridized carbons (Fsp3) is 0.316. The van der Waals surface area contributed by atoms with Crippen LogP contribution in [0.3, 0.4) is 0 Å². The van der Waals surface area contributed by atoms with Crippen LogP contribution in [-0.2, 0) is 10.1 Å². The Morgan fingerprint density at radius 2 is 1.58 bits per heavy atom. The lowest BCUT2D eigenvalue weighted by atomic mass is 10.0. The Balaban J connectivity index is 1.89. The highest BCUT2D eigenvalue weighted by Gasteiger charge is 2.15. The second-order valence-corrected chi connectivity index (χ2v) is 8.40. The Kier molecular flexibility index (Phi) is 5.84. The van der Waals surface area contributed by atoms with Crippen LogP contribution in [-0.4, -0.2) is 26.4 Å². The fourth-order valence-electron chi connectivity index (χ4n) is 2.96. The molecule has 7 heteroatoms. The van der Waals surface area contributed by atoms with Crippen LogP contribution in [0.1, 0.15) is 36.8 Å². The second kappa shape index (κ2) is 8.10. The Bertz CT molecular complexity index is 872. The molecule has 0 atom stereocenters. The van der Waals surface area contributed by atoms with E-state index in [-0.39, 0.29) is 5.75 Å². The largest absolute Gasteiger partial charge is 0.383 e. The molecule has 0 saturated heterocycles. The average Bonchev–Trinajstić information content (AvgIpc) is 3.10. The first-order valence-corrected chi connectivity index (χ1v) is 10.7. The number of nitrogens with one attached hydrogen (secondary N) is 1. The molecule has 1 aliphatic carbocycles. The third kappa shape index (κ3) is 5.22. The minimum atomic E-state index is -3.55. The van der Waals surface area contributed by atoms with Gasteiger partial charge in [0.1, 0.15) is 5.75 Å². The van der Waals surface area contributed by atoms with Crippen molar-refractivity contribution < 1.29 is 12.6 Å². The van der Waals surface area contributed by atoms with Crippen LogP contribution in [0.25, 0.3) is 0 Å². The van der Waals surface area contributed by atoms with Crippen LogP contribution in [0.4, 0.5) is 0 Å². The zero-order chi connectivity index (χ0) is 18.6. The lowest BCUT2D eigenvalue weighted by Gasteiger charge is -2.13. The zero-order valence-electron chi connectivity index (χ0n) is 14.5. The molecule has 0 spiro atoms. The minimum absolute atomic E-state index is 0.274. The van der Waals surface area contributed by atoms with Gasteiger partial charge in [-0.1, -0.05) is 36.6 Å². The topological polar surface area (TPSA) is 67.8 Å². The molecule has 1 aliphatic rings. The van der Waals surface area contributed by atoms with Gasteiger partial charge in [-0.2, -0.15) is 13.5 Å². The highest BCUT2D eigenvalue weighted by Crippen LogP contribution is 2.20. The van der Waals surface area contributed by atoms with Gasteiger partial charge >= 0.3 is 10.1 Å². The number of hydrogen-bond acceptors (Lipinski definition) is 5. The van der Waals surface area contributed by atoms with E-state index >= 15 is 0 Å². The monoisotopic (exact) mass is 392 g/mol. The molecule has 26 heavy (non-hydrogen) atoms. The summed E-state index contributed by atoms with van der Waals surface area (Å²) in [7, 11) is -3.55. The molecule has 1 fully saturated rings. The first-order chi connectivity index (χ1) is 12.4. The van der Waals surface area contributed by atoms with E-state index in [1.165, 1.54) is 12.8 Å². The van der Waals surface area contributed by atoms with Crippen molar-refractivity contribution in [3.8, 4) is 5.75 Å². The Morgan fingerprint density at radius 3 is 2.12 bits per heavy atom. The molecular formula is C19H21ClN2O3S. The Morgan fingerprint density at radius 1 is 1.04 bits per heavy atom. The van der Waals surface area contributed by atoms with Gasteiger partial charge in [0.2, 0.25) is 0 Å². The molecule has 5 nitrogen and oxygen atoms in total. The van der Waals surface area contributed by atoms with Gasteiger partial charge in [-0.15, -0.1) is 0 Å². The second-order valence-electron chi connectivity index (χ2n) is 6.39. The van der Waals surface area contributed by atoms with Crippen molar-refractivity contribution >= 4 is 27.4 Å². The number of hydrazone groups is 1. The molecule has 0 radical (unpaired) electrons. The number of benzene rings is 2. The summed E-state index contributed by atoms with van der Waals surface area (Å²) in [6, 6.07) is 14.7. The van der Waals surface area contributed by atoms with Gasteiger partial charge < -0.3 is 9.61 Å². The van der Waals surface area contributed by atoms with Crippen LogP contribution in [0, 0.1) is 0 Å². The van der Waals surface area contributed by atoms with Gasteiger partial charge in [0.25, 0.3) is 0 Å². The predicted molar refractivity (Wildman–Crippen MR) is 104 cm³/mol. The number of halogens is 1. The normalized spacial score (nSPS) is 15.8. The average molecular weight is 393 g/mol. The van der Waals surface area contributed by atoms with E-state index in [1.54, 1.807) is 24.3 Å². The van der Waals surface area contributed by atoms with Crippen LogP contribution in [0.15, 0.2) is 53.6 Å². The summed E-state index contributed by atoms with van der Waals surface area (Å²) in [4.78, 5) is 0. The first-order valence-electron chi connectivity index (χ1n) is 8.50. The number of nitrogens with zero attached hydrogens (tertiary/aromatic N) is 1. The van der Waals surface area contributed by atoms with Gasteiger partial charge in [0.15, 0.2) is 0 Å². The summed E-state index contributed by atoms with van der Waals surface area (Å²) < 4.78 is 27.4. The Hall–Kier alpha value is -2.05. The molecule has 1 saturated carbocycles. The van der Waals surface area contributed by atoms with Crippen LogP contribution < -0.4 is 9.61 Å². The standard InChI is InChI=1S/C19H21ClN2O3S/c1-26(23,24)25-18-12-8-15(9-13-18)19(14-6-10-16(20)11-7-14)22-21-17-4-2-3-5-17/h6-13,17,21H,2-5H2,1H3. The van der Waals surface area contributed by atoms with Crippen molar-refractivity contribution in [1.29, 1.82) is 0 Å². The van der Waals surface area contributed by atoms with Gasteiger partial charge in [-0.25, -0.2) is 0 Å². The molecule has 3 rings (SSSR count). The van der Waals surface area contributed by atoms with Gasteiger partial charge in [0, 0.05) is 22.2 Å². The number of hydrogen-bond donors (Lipinski definition) is 1. The summed E-state index contributed by atoms with van der Waals surface area (Å²) in [5.41, 5.74) is 5.84. The Labute approximate surface area is 159 Å². The van der Waals surface area contributed by atoms with E-state index in [0.717, 1.165) is 35.9 Å². The minimum Gasteiger partial charge on any atom is -0.383 e. The van der Waals surface area contributed by atoms with E-state index in [2.05, 4.69) is 10.5 Å². The van der Waals surface area contributed by atoms with E-state index in [9.17, 15) is 8.42 Å². The summed E-state index contributed by atoms with van der Waals surface area (Å²) >= 11 is 6.00. The zero-order valence-corrected chi connectivity index (χ0v) is 16.1. The quantitative estimate of drug-likeness (QED) is 0.459. The lowest BCUT2D eigenvalue weighted by molar-refractivity contribution is 0.493. The van der Waals surface area contributed by atoms with Crippen molar-refractivity contribution in [2.75, 3.05) is 6.26 Å². The van der Waals surface area contributed by atoms with E-state index in [1.807, 2.05) is 24.3 Å². The summed E-state index contributed by atoms with van der Waals surface area (Å²) in [6.45, 7) is 0. The van der Waals surface area contributed by atoms with Crippen molar-refractivity contribution in [1.82, 2.24) is 5.43 Å². The maximum absolute atomic E-state index is 11.3. The van der Waals surface area contributed by atoms with E-state index in [0.29, 0.717) is 11.1 Å². The number of rotatable bonds is 6. The van der Waals surface area contributed by atoms with Crippen molar-refractivity contribution in [3.63, 3.8) is 0 Å². The van der Waals surface area contributed by atoms with Crippen LogP contribution in [0.5, 0.6) is 5.75 Å². The third-order valence-corrected chi connectivity index (χ3v) is 4.95. The third-order valence-electron chi connectivity index (χ3n) is 4.21. The van der Waals surface area contributed by atoms with E-state index < -0.39 is 10.1 Å². The molecule has 0 heterocycles. The molecule has 2 aromatic rings. The molecule has 0 aliphatic heterocycles. The SMILES string of the molecule is CS(=O)(=O)Oc1ccc(C(=NNC2CCCC2)c2ccc(Cl)cc2)cc1. The summed E-state index contributed by atoms with van der Waals surface area (Å²) in [5.74, 6) is 0.274. The smallest absolute Gasteiger partial charge is 0.306 e. The molecular weight excluding hydrogens is 372 g/mol. The van der Waals surface area contributed by atoms with Crippen LogP contribution in [0.2, 0.25) is 5.02 Å². The summed E-state index contributed by atoms with van der Waals surface area (Å²) in [5, 5.41) is 5.31. The molecule has 0 amide bonds. The van der Waals surface area contributed by atoms with Gasteiger partial charge in [0.05, 0.1) is 12.0 Å². The molecule has 1 N–H and O–H groups in total. The molecule has 138 valence electrons. The van der Waals surface area contributed by atoms with Gasteiger partial charge in [-0.05, 0) is 49.2 Å². The fourth-order valence-corrected chi connectivity index (χ4v) is 3.54. The summed E-state index contributed by atoms with van der Waals surface area (Å²) in [6.07, 6.45) is 5.71. The van der Waals surface area contributed by atoms with Crippen molar-refractivity contribution in [2.24, 2.45) is 5.10 Å². The highest BCUT2D eigenvalue weighted by molar-refractivity contribution is 7.86. The molecule has 2 aromatic carbocycles. The van der Waals surface area contributed by atoms with Gasteiger partial charge in [-0.3, -0.25) is 0 Å². The maximum Gasteiger partial charge on any atom is 0.306 e.